The molecule has 0 aromatic heterocycles. The Hall–Kier alpha value is -0.510. The quantitative estimate of drug-likeness (QED) is 0.586. The molecule has 0 amide bonds. The van der Waals surface area contributed by atoms with Crippen LogP contribution in [0, 0.1) is 0 Å². The maximum Gasteiger partial charge on any atom is 1.00 e. The Balaban J connectivity index is 0. The van der Waals surface area contributed by atoms with E-state index in [-0.39, 0.29) is 37.4 Å². The zero-order valence-corrected chi connectivity index (χ0v) is 9.78. The van der Waals surface area contributed by atoms with Gasteiger partial charge in [0.05, 0.1) is 13.5 Å². The van der Waals surface area contributed by atoms with Crippen molar-refractivity contribution in [2.75, 3.05) is 7.11 Å². The molecular formula is C9H11NaO3. The molecular weight excluding hydrogens is 179 g/mol. The number of hydrogen-bond acceptors (Lipinski definition) is 2. The van der Waals surface area contributed by atoms with E-state index in [4.69, 9.17) is 9.84 Å². The summed E-state index contributed by atoms with van der Waals surface area (Å²) < 4.78 is 4.98. The number of carboxylic acids is 1. The number of hydrogen-bond donors (Lipinski definition) is 1. The first kappa shape index (κ1) is 12.5. The standard InChI is InChI=1S/C9H10O3.Na.H/c1-12-8-5-3-2-4-7(8)6-9(10)11;;/h2-5H,6H2,1H3,(H,10,11);;/q;+1;-1. The van der Waals surface area contributed by atoms with Gasteiger partial charge in [0.1, 0.15) is 5.75 Å². The first-order valence-electron chi connectivity index (χ1n) is 3.57. The summed E-state index contributed by atoms with van der Waals surface area (Å²) in [6, 6.07) is 7.09. The van der Waals surface area contributed by atoms with E-state index in [1.807, 2.05) is 6.07 Å². The Labute approximate surface area is 100 Å². The molecule has 0 saturated carbocycles. The SMILES string of the molecule is COc1ccccc1CC(=O)O.[H-].[Na+]. The third-order valence-electron chi connectivity index (χ3n) is 1.53. The van der Waals surface area contributed by atoms with Gasteiger partial charge in [-0.1, -0.05) is 18.2 Å². The van der Waals surface area contributed by atoms with Gasteiger partial charge in [0.2, 0.25) is 0 Å². The normalized spacial score (nSPS) is 8.69. The zero-order chi connectivity index (χ0) is 8.97. The van der Waals surface area contributed by atoms with Crippen LogP contribution in [0.3, 0.4) is 0 Å². The molecule has 1 rings (SSSR count). The van der Waals surface area contributed by atoms with Crippen LogP contribution in [0.1, 0.15) is 6.99 Å². The molecule has 1 aromatic rings. The van der Waals surface area contributed by atoms with Gasteiger partial charge < -0.3 is 11.3 Å². The molecule has 0 radical (unpaired) electrons. The second kappa shape index (κ2) is 6.02. The molecule has 0 aliphatic heterocycles. The fourth-order valence-electron chi connectivity index (χ4n) is 1.01. The fraction of sp³-hybridized carbons (Fsp3) is 0.222. The predicted octanol–water partition coefficient (Wildman–Crippen LogP) is -1.56. The van der Waals surface area contributed by atoms with Crippen LogP contribution in [-0.2, 0) is 11.2 Å². The summed E-state index contributed by atoms with van der Waals surface area (Å²) in [7, 11) is 1.53. The zero-order valence-electron chi connectivity index (χ0n) is 8.78. The minimum atomic E-state index is -0.848. The van der Waals surface area contributed by atoms with Crippen molar-refractivity contribution in [1.82, 2.24) is 0 Å². The molecule has 0 spiro atoms. The molecule has 3 nitrogen and oxygen atoms in total. The van der Waals surface area contributed by atoms with Crippen LogP contribution < -0.4 is 34.3 Å². The van der Waals surface area contributed by atoms with E-state index in [1.54, 1.807) is 18.2 Å². The Morgan fingerprint density at radius 3 is 2.69 bits per heavy atom. The van der Waals surface area contributed by atoms with Crippen molar-refractivity contribution in [3.05, 3.63) is 29.8 Å². The van der Waals surface area contributed by atoms with Crippen LogP contribution >= 0.6 is 0 Å². The smallest absolute Gasteiger partial charge is 1.00 e. The van der Waals surface area contributed by atoms with Gasteiger partial charge in [-0.3, -0.25) is 4.79 Å². The molecule has 0 fully saturated rings. The molecule has 0 bridgehead atoms. The van der Waals surface area contributed by atoms with Crippen molar-refractivity contribution < 1.29 is 45.6 Å². The van der Waals surface area contributed by atoms with Crippen molar-refractivity contribution in [3.8, 4) is 5.75 Å². The number of aliphatic carboxylic acids is 1. The number of benzene rings is 1. The third kappa shape index (κ3) is 3.81. The summed E-state index contributed by atoms with van der Waals surface area (Å²) in [6.45, 7) is 0. The number of rotatable bonds is 3. The number of carboxylic acid groups (broad SMARTS) is 1. The molecule has 1 N–H and O–H groups in total. The van der Waals surface area contributed by atoms with Crippen molar-refractivity contribution in [1.29, 1.82) is 0 Å². The maximum absolute atomic E-state index is 10.4. The van der Waals surface area contributed by atoms with Crippen LogP contribution in [-0.4, -0.2) is 18.2 Å². The van der Waals surface area contributed by atoms with Crippen LogP contribution in [0.5, 0.6) is 5.75 Å². The second-order valence-corrected chi connectivity index (χ2v) is 2.38. The van der Waals surface area contributed by atoms with E-state index < -0.39 is 5.97 Å². The summed E-state index contributed by atoms with van der Waals surface area (Å²) in [5.74, 6) is -0.223. The van der Waals surface area contributed by atoms with Crippen molar-refractivity contribution in [2.45, 2.75) is 6.42 Å². The average Bonchev–Trinajstić information content (AvgIpc) is 2.04. The Morgan fingerprint density at radius 1 is 1.54 bits per heavy atom. The topological polar surface area (TPSA) is 46.5 Å². The van der Waals surface area contributed by atoms with E-state index in [9.17, 15) is 4.79 Å². The number of para-hydroxylation sites is 1. The van der Waals surface area contributed by atoms with Gasteiger partial charge in [-0.05, 0) is 6.07 Å². The molecule has 1 aromatic carbocycles. The van der Waals surface area contributed by atoms with E-state index in [2.05, 4.69) is 0 Å². The molecule has 4 heteroatoms. The van der Waals surface area contributed by atoms with E-state index in [0.29, 0.717) is 11.3 Å². The van der Waals surface area contributed by atoms with Gasteiger partial charge in [-0.2, -0.15) is 0 Å². The number of methoxy groups -OCH3 is 1. The summed E-state index contributed by atoms with van der Waals surface area (Å²) in [5.41, 5.74) is 0.701. The summed E-state index contributed by atoms with van der Waals surface area (Å²) in [6.07, 6.45) is 0.00398. The fourth-order valence-corrected chi connectivity index (χ4v) is 1.01. The minimum Gasteiger partial charge on any atom is -1.00 e. The molecule has 13 heavy (non-hydrogen) atoms. The second-order valence-electron chi connectivity index (χ2n) is 2.38. The molecule has 66 valence electrons. The van der Waals surface area contributed by atoms with Crippen LogP contribution in [0.25, 0.3) is 0 Å². The van der Waals surface area contributed by atoms with Gasteiger partial charge in [-0.25, -0.2) is 0 Å². The monoisotopic (exact) mass is 190 g/mol. The van der Waals surface area contributed by atoms with Gasteiger partial charge in [0.15, 0.2) is 0 Å². The Morgan fingerprint density at radius 2 is 2.15 bits per heavy atom. The van der Waals surface area contributed by atoms with E-state index in [1.165, 1.54) is 7.11 Å². The molecule has 0 atom stereocenters. The van der Waals surface area contributed by atoms with Gasteiger partial charge in [-0.15, -0.1) is 0 Å². The summed E-state index contributed by atoms with van der Waals surface area (Å²) in [4.78, 5) is 10.4. The van der Waals surface area contributed by atoms with Gasteiger partial charge in [0, 0.05) is 5.56 Å². The average molecular weight is 190 g/mol. The van der Waals surface area contributed by atoms with Crippen LogP contribution in [0.4, 0.5) is 0 Å². The molecule has 0 aliphatic carbocycles. The van der Waals surface area contributed by atoms with Gasteiger partial charge >= 0.3 is 35.5 Å². The summed E-state index contributed by atoms with van der Waals surface area (Å²) in [5, 5.41) is 8.53. The predicted molar refractivity (Wildman–Crippen MR) is 45.4 cm³/mol. The first-order valence-corrected chi connectivity index (χ1v) is 3.57. The third-order valence-corrected chi connectivity index (χ3v) is 1.53. The van der Waals surface area contributed by atoms with Gasteiger partial charge in [0.25, 0.3) is 0 Å². The molecule has 0 saturated heterocycles. The molecule has 0 unspecified atom stereocenters. The van der Waals surface area contributed by atoms with Crippen molar-refractivity contribution in [2.24, 2.45) is 0 Å². The molecule has 0 heterocycles. The van der Waals surface area contributed by atoms with Crippen molar-refractivity contribution >= 4 is 5.97 Å². The molecule has 0 aliphatic rings. The van der Waals surface area contributed by atoms with E-state index >= 15 is 0 Å². The maximum atomic E-state index is 10.4. The van der Waals surface area contributed by atoms with Crippen LogP contribution in [0.2, 0.25) is 0 Å². The number of carbonyl (C=O) groups is 1. The number of ether oxygens (including phenoxy) is 1. The van der Waals surface area contributed by atoms with E-state index in [0.717, 1.165) is 0 Å². The van der Waals surface area contributed by atoms with Crippen molar-refractivity contribution in [3.63, 3.8) is 0 Å². The van der Waals surface area contributed by atoms with Crippen LogP contribution in [0.15, 0.2) is 24.3 Å². The first-order chi connectivity index (χ1) is 5.74. The Bertz CT molecular complexity index is 291. The summed E-state index contributed by atoms with van der Waals surface area (Å²) >= 11 is 0. The Kier molecular flexibility index (Phi) is 5.79. The largest absolute Gasteiger partial charge is 1.00 e. The minimum absolute atomic E-state index is 0.